The Bertz CT molecular complexity index is 382. The summed E-state index contributed by atoms with van der Waals surface area (Å²) >= 11 is 0. The van der Waals surface area contributed by atoms with E-state index in [1.165, 1.54) is 18.6 Å². The predicted molar refractivity (Wildman–Crippen MR) is 59.2 cm³/mol. The monoisotopic (exact) mass is 238 g/mol. The van der Waals surface area contributed by atoms with Crippen molar-refractivity contribution in [1.29, 1.82) is 0 Å². The van der Waals surface area contributed by atoms with Crippen LogP contribution in [0.2, 0.25) is 0 Å². The number of carboxylic acids is 1. The molecule has 0 aromatic carbocycles. The Morgan fingerprint density at radius 1 is 1.47 bits per heavy atom. The molecule has 0 radical (unpaired) electrons. The summed E-state index contributed by atoms with van der Waals surface area (Å²) in [6, 6.07) is -0.886. The number of nitrogens with two attached hydrogens (primary N) is 1. The Kier molecular flexibility index (Phi) is 5.02. The second kappa shape index (κ2) is 6.54. The van der Waals surface area contributed by atoms with Gasteiger partial charge in [-0.3, -0.25) is 14.6 Å². The van der Waals surface area contributed by atoms with Crippen LogP contribution in [0.5, 0.6) is 0 Å². The Labute approximate surface area is 98.1 Å². The standard InChI is InChI=1S/C10H14N4O3/c11-7(10(16)17)2-1-3-14-9(15)8-6-12-4-5-13-8/h4-7H,1-3,11H2,(H,14,15)(H,16,17)/t7-/m1/s1. The molecule has 0 saturated carbocycles. The summed E-state index contributed by atoms with van der Waals surface area (Å²) in [5, 5.41) is 11.1. The van der Waals surface area contributed by atoms with E-state index in [-0.39, 0.29) is 11.6 Å². The highest BCUT2D eigenvalue weighted by Crippen LogP contribution is 1.94. The van der Waals surface area contributed by atoms with Crippen molar-refractivity contribution < 1.29 is 14.7 Å². The normalized spacial score (nSPS) is 11.8. The Morgan fingerprint density at radius 2 is 2.24 bits per heavy atom. The SMILES string of the molecule is N[C@H](CCCNC(=O)c1cnccn1)C(=O)O. The lowest BCUT2D eigenvalue weighted by atomic mass is 10.2. The van der Waals surface area contributed by atoms with Gasteiger partial charge in [0.2, 0.25) is 0 Å². The molecule has 1 aromatic heterocycles. The summed E-state index contributed by atoms with van der Waals surface area (Å²) in [6.45, 7) is 0.358. The van der Waals surface area contributed by atoms with E-state index in [0.717, 1.165) is 0 Å². The van der Waals surface area contributed by atoms with Crippen molar-refractivity contribution in [3.8, 4) is 0 Å². The van der Waals surface area contributed by atoms with Gasteiger partial charge in [-0.15, -0.1) is 0 Å². The number of hydrogen-bond donors (Lipinski definition) is 3. The van der Waals surface area contributed by atoms with Gasteiger partial charge in [-0.1, -0.05) is 0 Å². The molecule has 0 aliphatic rings. The number of carbonyl (C=O) groups is 2. The minimum absolute atomic E-state index is 0.232. The fraction of sp³-hybridized carbons (Fsp3) is 0.400. The first-order chi connectivity index (χ1) is 8.11. The molecule has 0 saturated heterocycles. The lowest BCUT2D eigenvalue weighted by Crippen LogP contribution is -2.32. The fourth-order valence-corrected chi connectivity index (χ4v) is 1.15. The number of carboxylic acid groups (broad SMARTS) is 1. The molecule has 0 bridgehead atoms. The highest BCUT2D eigenvalue weighted by Gasteiger charge is 2.11. The minimum atomic E-state index is -1.04. The third kappa shape index (κ3) is 4.56. The topological polar surface area (TPSA) is 118 Å². The predicted octanol–water partition coefficient (Wildman–Crippen LogP) is -0.602. The molecule has 0 fully saturated rings. The van der Waals surface area contributed by atoms with Gasteiger partial charge in [0, 0.05) is 18.9 Å². The number of aliphatic carboxylic acids is 1. The van der Waals surface area contributed by atoms with Crippen LogP contribution in [0.4, 0.5) is 0 Å². The van der Waals surface area contributed by atoms with E-state index in [1.54, 1.807) is 0 Å². The van der Waals surface area contributed by atoms with E-state index < -0.39 is 12.0 Å². The minimum Gasteiger partial charge on any atom is -0.480 e. The van der Waals surface area contributed by atoms with Crippen molar-refractivity contribution in [2.45, 2.75) is 18.9 Å². The number of aromatic nitrogens is 2. The molecule has 92 valence electrons. The molecule has 0 spiro atoms. The van der Waals surface area contributed by atoms with E-state index in [0.29, 0.717) is 19.4 Å². The average Bonchev–Trinajstić information content (AvgIpc) is 2.35. The van der Waals surface area contributed by atoms with E-state index >= 15 is 0 Å². The van der Waals surface area contributed by atoms with E-state index in [2.05, 4.69) is 15.3 Å². The van der Waals surface area contributed by atoms with E-state index in [9.17, 15) is 9.59 Å². The molecule has 1 amide bonds. The molecule has 1 heterocycles. The zero-order valence-corrected chi connectivity index (χ0v) is 9.17. The van der Waals surface area contributed by atoms with Crippen molar-refractivity contribution >= 4 is 11.9 Å². The quantitative estimate of drug-likeness (QED) is 0.569. The molecule has 1 atom stereocenters. The second-order valence-corrected chi connectivity index (χ2v) is 3.43. The Morgan fingerprint density at radius 3 is 2.82 bits per heavy atom. The van der Waals surface area contributed by atoms with Crippen LogP contribution in [0.1, 0.15) is 23.3 Å². The molecule has 0 unspecified atom stereocenters. The Hall–Kier alpha value is -2.02. The largest absolute Gasteiger partial charge is 0.480 e. The Balaban J connectivity index is 2.24. The molecule has 1 aromatic rings. The van der Waals surface area contributed by atoms with Gasteiger partial charge >= 0.3 is 5.97 Å². The van der Waals surface area contributed by atoms with Crippen LogP contribution in [-0.2, 0) is 4.79 Å². The third-order valence-corrected chi connectivity index (χ3v) is 2.09. The molecule has 1 rings (SSSR count). The average molecular weight is 238 g/mol. The summed E-state index contributed by atoms with van der Waals surface area (Å²) in [6.07, 6.45) is 5.08. The molecular formula is C10H14N4O3. The zero-order chi connectivity index (χ0) is 12.7. The van der Waals surface area contributed by atoms with Crippen LogP contribution in [0.25, 0.3) is 0 Å². The number of hydrogen-bond acceptors (Lipinski definition) is 5. The van der Waals surface area contributed by atoms with Crippen molar-refractivity contribution in [3.63, 3.8) is 0 Å². The van der Waals surface area contributed by atoms with Crippen LogP contribution in [0.15, 0.2) is 18.6 Å². The van der Waals surface area contributed by atoms with Crippen LogP contribution in [-0.4, -0.2) is 39.5 Å². The lowest BCUT2D eigenvalue weighted by Gasteiger charge is -2.06. The number of amides is 1. The van der Waals surface area contributed by atoms with Gasteiger partial charge < -0.3 is 16.2 Å². The summed E-state index contributed by atoms with van der Waals surface area (Å²) in [7, 11) is 0. The van der Waals surface area contributed by atoms with Gasteiger partial charge in [0.1, 0.15) is 11.7 Å². The molecule has 7 nitrogen and oxygen atoms in total. The number of nitrogens with zero attached hydrogens (tertiary/aromatic N) is 2. The van der Waals surface area contributed by atoms with E-state index in [4.69, 9.17) is 10.8 Å². The first-order valence-corrected chi connectivity index (χ1v) is 5.14. The maximum Gasteiger partial charge on any atom is 0.320 e. The maximum atomic E-state index is 11.5. The fourth-order valence-electron chi connectivity index (χ4n) is 1.15. The molecule has 4 N–H and O–H groups in total. The van der Waals surface area contributed by atoms with Gasteiger partial charge in [-0.2, -0.15) is 0 Å². The molecular weight excluding hydrogens is 224 g/mol. The zero-order valence-electron chi connectivity index (χ0n) is 9.17. The smallest absolute Gasteiger partial charge is 0.320 e. The van der Waals surface area contributed by atoms with Crippen molar-refractivity contribution in [2.24, 2.45) is 5.73 Å². The van der Waals surface area contributed by atoms with Gasteiger partial charge in [0.15, 0.2) is 0 Å². The molecule has 0 aliphatic heterocycles. The summed E-state index contributed by atoms with van der Waals surface area (Å²) in [5.74, 6) is -1.37. The van der Waals surface area contributed by atoms with Gasteiger partial charge in [0.05, 0.1) is 6.20 Å². The van der Waals surface area contributed by atoms with Crippen LogP contribution in [0.3, 0.4) is 0 Å². The van der Waals surface area contributed by atoms with Gasteiger partial charge in [-0.05, 0) is 12.8 Å². The molecule has 7 heteroatoms. The van der Waals surface area contributed by atoms with Gasteiger partial charge in [0.25, 0.3) is 5.91 Å². The number of rotatable bonds is 6. The summed E-state index contributed by atoms with van der Waals surface area (Å²) < 4.78 is 0. The lowest BCUT2D eigenvalue weighted by molar-refractivity contribution is -0.138. The maximum absolute atomic E-state index is 11.5. The first-order valence-electron chi connectivity index (χ1n) is 5.14. The molecule has 17 heavy (non-hydrogen) atoms. The van der Waals surface area contributed by atoms with Crippen molar-refractivity contribution in [1.82, 2.24) is 15.3 Å². The van der Waals surface area contributed by atoms with Crippen molar-refractivity contribution in [3.05, 3.63) is 24.3 Å². The highest BCUT2D eigenvalue weighted by molar-refractivity contribution is 5.91. The van der Waals surface area contributed by atoms with E-state index in [1.807, 2.05) is 0 Å². The number of nitrogens with one attached hydrogen (secondary N) is 1. The van der Waals surface area contributed by atoms with Crippen molar-refractivity contribution in [2.75, 3.05) is 6.54 Å². The van der Waals surface area contributed by atoms with Crippen LogP contribution in [0, 0.1) is 0 Å². The van der Waals surface area contributed by atoms with Crippen LogP contribution < -0.4 is 11.1 Å². The van der Waals surface area contributed by atoms with Crippen LogP contribution >= 0.6 is 0 Å². The first kappa shape index (κ1) is 13.0. The van der Waals surface area contributed by atoms with Gasteiger partial charge in [-0.25, -0.2) is 4.98 Å². The second-order valence-electron chi connectivity index (χ2n) is 3.43. The molecule has 0 aliphatic carbocycles. The highest BCUT2D eigenvalue weighted by atomic mass is 16.4. The summed E-state index contributed by atoms with van der Waals surface area (Å²) in [4.78, 5) is 29.5. The summed E-state index contributed by atoms with van der Waals surface area (Å²) in [5.41, 5.74) is 5.54. The number of carbonyl (C=O) groups excluding carboxylic acids is 1. The third-order valence-electron chi connectivity index (χ3n) is 2.09.